The summed E-state index contributed by atoms with van der Waals surface area (Å²) in [4.78, 5) is 41.8. The third kappa shape index (κ3) is 5.07. The topological polar surface area (TPSA) is 60.9 Å². The van der Waals surface area contributed by atoms with Gasteiger partial charge in [0.1, 0.15) is 11.6 Å². The van der Waals surface area contributed by atoms with Crippen LogP contribution in [0.4, 0.5) is 14.5 Å². The Labute approximate surface area is 180 Å². The summed E-state index contributed by atoms with van der Waals surface area (Å²) in [6.45, 7) is 2.70. The van der Waals surface area contributed by atoms with Crippen LogP contribution in [0.25, 0.3) is 0 Å². The molecule has 0 bridgehead atoms. The summed E-state index contributed by atoms with van der Waals surface area (Å²) in [6, 6.07) is 9.94. The lowest BCUT2D eigenvalue weighted by Crippen LogP contribution is -2.37. The predicted octanol–water partition coefficient (Wildman–Crippen LogP) is 3.07. The fourth-order valence-electron chi connectivity index (χ4n) is 3.65. The second-order valence-corrected chi connectivity index (χ2v) is 7.78. The molecule has 3 amide bonds. The number of rotatable bonds is 6. The van der Waals surface area contributed by atoms with Crippen LogP contribution in [-0.4, -0.2) is 54.7 Å². The Hall–Kier alpha value is -3.29. The fraction of sp³-hybridized carbons (Fsp3) is 0.348. The van der Waals surface area contributed by atoms with Crippen molar-refractivity contribution in [2.45, 2.75) is 19.9 Å². The van der Waals surface area contributed by atoms with Gasteiger partial charge in [-0.05, 0) is 36.8 Å². The summed E-state index contributed by atoms with van der Waals surface area (Å²) in [6.07, 6.45) is -0.0102. The molecule has 164 valence electrons. The molecule has 0 aromatic heterocycles. The Morgan fingerprint density at radius 1 is 1.06 bits per heavy atom. The lowest BCUT2D eigenvalue weighted by Gasteiger charge is -2.24. The molecule has 3 rings (SSSR count). The van der Waals surface area contributed by atoms with Crippen molar-refractivity contribution in [3.63, 3.8) is 0 Å². The Balaban J connectivity index is 1.69. The van der Waals surface area contributed by atoms with Crippen molar-refractivity contribution in [3.05, 3.63) is 65.2 Å². The van der Waals surface area contributed by atoms with Crippen LogP contribution in [0, 0.1) is 17.6 Å². The normalized spacial score (nSPS) is 15.8. The zero-order chi connectivity index (χ0) is 22.7. The van der Waals surface area contributed by atoms with E-state index >= 15 is 0 Å². The molecule has 1 aliphatic rings. The largest absolute Gasteiger partial charge is 0.345 e. The number of carbonyl (C=O) groups excluding carboxylic acids is 3. The number of hydrogen-bond acceptors (Lipinski definition) is 3. The maximum Gasteiger partial charge on any atom is 0.253 e. The van der Waals surface area contributed by atoms with Gasteiger partial charge < -0.3 is 14.7 Å². The van der Waals surface area contributed by atoms with E-state index < -0.39 is 17.6 Å². The molecular weight excluding hydrogens is 404 g/mol. The molecule has 1 fully saturated rings. The first kappa shape index (κ1) is 22.4. The monoisotopic (exact) mass is 429 g/mol. The Morgan fingerprint density at radius 2 is 1.68 bits per heavy atom. The van der Waals surface area contributed by atoms with Gasteiger partial charge in [-0.25, -0.2) is 8.78 Å². The standard InChI is InChI=1S/C23H25F2N3O3/c1-4-27(13-15-5-7-16(8-6-15)22(30)26(2)3)23(31)17-9-21(29)28(14-17)20-11-18(24)10-19(25)12-20/h5-8,10-12,17H,4,9,13-14H2,1-3H3. The second-order valence-electron chi connectivity index (χ2n) is 7.78. The average molecular weight is 429 g/mol. The minimum absolute atomic E-state index is 0.0102. The summed E-state index contributed by atoms with van der Waals surface area (Å²) in [5, 5.41) is 0. The smallest absolute Gasteiger partial charge is 0.253 e. The molecule has 1 aliphatic heterocycles. The summed E-state index contributed by atoms with van der Waals surface area (Å²) in [5.74, 6) is -2.77. The molecule has 0 N–H and O–H groups in total. The highest BCUT2D eigenvalue weighted by molar-refractivity contribution is 6.00. The quantitative estimate of drug-likeness (QED) is 0.709. The number of anilines is 1. The molecular formula is C23H25F2N3O3. The lowest BCUT2D eigenvalue weighted by atomic mass is 10.1. The molecule has 0 aliphatic carbocycles. The molecule has 2 aromatic rings. The number of carbonyl (C=O) groups is 3. The fourth-order valence-corrected chi connectivity index (χ4v) is 3.65. The average Bonchev–Trinajstić information content (AvgIpc) is 3.12. The number of amides is 3. The van der Waals surface area contributed by atoms with Crippen LogP contribution in [0.15, 0.2) is 42.5 Å². The number of hydrogen-bond donors (Lipinski definition) is 0. The zero-order valence-corrected chi connectivity index (χ0v) is 17.8. The van der Waals surface area contributed by atoms with Gasteiger partial charge in [-0.2, -0.15) is 0 Å². The third-order valence-electron chi connectivity index (χ3n) is 5.31. The van der Waals surface area contributed by atoms with Gasteiger partial charge in [0.2, 0.25) is 11.8 Å². The van der Waals surface area contributed by atoms with E-state index in [2.05, 4.69) is 0 Å². The molecule has 31 heavy (non-hydrogen) atoms. The van der Waals surface area contributed by atoms with E-state index in [0.717, 1.165) is 23.8 Å². The highest BCUT2D eigenvalue weighted by Gasteiger charge is 2.37. The van der Waals surface area contributed by atoms with Crippen molar-refractivity contribution < 1.29 is 23.2 Å². The molecule has 0 saturated carbocycles. The number of nitrogens with zero attached hydrogens (tertiary/aromatic N) is 3. The molecule has 8 heteroatoms. The minimum Gasteiger partial charge on any atom is -0.345 e. The molecule has 0 radical (unpaired) electrons. The van der Waals surface area contributed by atoms with E-state index in [9.17, 15) is 23.2 Å². The van der Waals surface area contributed by atoms with Crippen LogP contribution >= 0.6 is 0 Å². The molecule has 1 atom stereocenters. The highest BCUT2D eigenvalue weighted by Crippen LogP contribution is 2.28. The maximum absolute atomic E-state index is 13.5. The zero-order valence-electron chi connectivity index (χ0n) is 17.8. The van der Waals surface area contributed by atoms with Gasteiger partial charge in [0, 0.05) is 57.5 Å². The van der Waals surface area contributed by atoms with Crippen molar-refractivity contribution in [1.82, 2.24) is 9.80 Å². The van der Waals surface area contributed by atoms with Crippen molar-refractivity contribution in [3.8, 4) is 0 Å². The van der Waals surface area contributed by atoms with Gasteiger partial charge >= 0.3 is 0 Å². The van der Waals surface area contributed by atoms with Gasteiger partial charge in [-0.15, -0.1) is 0 Å². The van der Waals surface area contributed by atoms with Gasteiger partial charge in [0.15, 0.2) is 0 Å². The van der Waals surface area contributed by atoms with E-state index in [1.165, 1.54) is 9.80 Å². The van der Waals surface area contributed by atoms with Crippen molar-refractivity contribution in [1.29, 1.82) is 0 Å². The summed E-state index contributed by atoms with van der Waals surface area (Å²) in [5.41, 5.74) is 1.53. The van der Waals surface area contributed by atoms with E-state index in [4.69, 9.17) is 0 Å². The first-order chi connectivity index (χ1) is 14.7. The van der Waals surface area contributed by atoms with E-state index in [0.29, 0.717) is 18.7 Å². The third-order valence-corrected chi connectivity index (χ3v) is 5.31. The number of halogens is 2. The van der Waals surface area contributed by atoms with Crippen LogP contribution in [0.3, 0.4) is 0 Å². The SMILES string of the molecule is CCN(Cc1ccc(C(=O)N(C)C)cc1)C(=O)C1CC(=O)N(c2cc(F)cc(F)c2)C1. The van der Waals surface area contributed by atoms with Crippen LogP contribution in [-0.2, 0) is 16.1 Å². The van der Waals surface area contributed by atoms with Gasteiger partial charge in [0.25, 0.3) is 5.91 Å². The molecule has 1 heterocycles. The van der Waals surface area contributed by atoms with Gasteiger partial charge in [0.05, 0.1) is 5.92 Å². The Morgan fingerprint density at radius 3 is 2.23 bits per heavy atom. The summed E-state index contributed by atoms with van der Waals surface area (Å²) < 4.78 is 27.1. The van der Waals surface area contributed by atoms with Crippen LogP contribution < -0.4 is 4.90 Å². The maximum atomic E-state index is 13.5. The van der Waals surface area contributed by atoms with Gasteiger partial charge in [-0.3, -0.25) is 14.4 Å². The van der Waals surface area contributed by atoms with E-state index in [1.54, 1.807) is 43.3 Å². The van der Waals surface area contributed by atoms with Crippen LogP contribution in [0.1, 0.15) is 29.3 Å². The molecule has 6 nitrogen and oxygen atoms in total. The summed E-state index contributed by atoms with van der Waals surface area (Å²) >= 11 is 0. The van der Waals surface area contributed by atoms with Gasteiger partial charge in [-0.1, -0.05) is 12.1 Å². The minimum atomic E-state index is -0.774. The first-order valence-corrected chi connectivity index (χ1v) is 10.1. The lowest BCUT2D eigenvalue weighted by molar-refractivity contribution is -0.136. The number of benzene rings is 2. The van der Waals surface area contributed by atoms with E-state index in [-0.39, 0.29) is 36.4 Å². The predicted molar refractivity (Wildman–Crippen MR) is 112 cm³/mol. The first-order valence-electron chi connectivity index (χ1n) is 10.1. The highest BCUT2D eigenvalue weighted by atomic mass is 19.1. The second kappa shape index (κ2) is 9.24. The molecule has 1 unspecified atom stereocenters. The van der Waals surface area contributed by atoms with Crippen LogP contribution in [0.5, 0.6) is 0 Å². The molecule has 1 saturated heterocycles. The Kier molecular flexibility index (Phi) is 6.68. The van der Waals surface area contributed by atoms with Crippen molar-refractivity contribution >= 4 is 23.4 Å². The molecule has 2 aromatic carbocycles. The van der Waals surface area contributed by atoms with Crippen LogP contribution in [0.2, 0.25) is 0 Å². The Bertz CT molecular complexity index is 972. The molecule has 0 spiro atoms. The van der Waals surface area contributed by atoms with Crippen molar-refractivity contribution in [2.24, 2.45) is 5.92 Å². The van der Waals surface area contributed by atoms with E-state index in [1.807, 2.05) is 6.92 Å². The van der Waals surface area contributed by atoms with Crippen molar-refractivity contribution in [2.75, 3.05) is 32.1 Å². The summed E-state index contributed by atoms with van der Waals surface area (Å²) in [7, 11) is 3.36.